The lowest BCUT2D eigenvalue weighted by atomic mass is 9.94. The Bertz CT molecular complexity index is 454. The molecule has 1 aromatic rings. The zero-order valence-electron chi connectivity index (χ0n) is 10.9. The van der Waals surface area contributed by atoms with Crippen LogP contribution in [0.25, 0.3) is 0 Å². The first kappa shape index (κ1) is 12.5. The first-order valence-corrected chi connectivity index (χ1v) is 7.67. The van der Waals surface area contributed by atoms with Crippen LogP contribution in [0.3, 0.4) is 0 Å². The van der Waals surface area contributed by atoms with E-state index in [1.807, 2.05) is 0 Å². The smallest absolute Gasteiger partial charge is 0.125 e. The topological polar surface area (TPSA) is 21.3 Å². The fourth-order valence-electron chi connectivity index (χ4n) is 2.86. The molecule has 1 aliphatic carbocycles. The van der Waals surface area contributed by atoms with Crippen LogP contribution in [0.15, 0.2) is 16.6 Å². The number of nitrogens with one attached hydrogen (secondary N) is 1. The summed E-state index contributed by atoms with van der Waals surface area (Å²) < 4.78 is 7.02. The summed E-state index contributed by atoms with van der Waals surface area (Å²) in [5, 5.41) is 3.50. The van der Waals surface area contributed by atoms with Crippen molar-refractivity contribution in [2.24, 2.45) is 5.41 Å². The lowest BCUT2D eigenvalue weighted by Gasteiger charge is -2.17. The molecule has 3 heteroatoms. The highest BCUT2D eigenvalue weighted by Crippen LogP contribution is 2.50. The summed E-state index contributed by atoms with van der Waals surface area (Å²) in [6.45, 7) is 5.23. The van der Waals surface area contributed by atoms with Crippen molar-refractivity contribution in [3.8, 4) is 5.75 Å². The fourth-order valence-corrected chi connectivity index (χ4v) is 3.42. The van der Waals surface area contributed by atoms with Gasteiger partial charge in [-0.05, 0) is 54.5 Å². The lowest BCUT2D eigenvalue weighted by molar-refractivity contribution is 0.349. The molecule has 0 unspecified atom stereocenters. The molecular weight excluding hydrogens is 290 g/mol. The molecule has 0 radical (unpaired) electrons. The van der Waals surface area contributed by atoms with E-state index in [9.17, 15) is 0 Å². The summed E-state index contributed by atoms with van der Waals surface area (Å²) in [5.74, 6) is 1.17. The van der Waals surface area contributed by atoms with Crippen molar-refractivity contribution >= 4 is 15.9 Å². The maximum atomic E-state index is 5.82. The van der Waals surface area contributed by atoms with Gasteiger partial charge >= 0.3 is 0 Å². The van der Waals surface area contributed by atoms with E-state index in [1.165, 1.54) is 34.2 Å². The van der Waals surface area contributed by atoms with Gasteiger partial charge in [-0.2, -0.15) is 0 Å². The van der Waals surface area contributed by atoms with Gasteiger partial charge in [-0.1, -0.05) is 22.9 Å². The van der Waals surface area contributed by atoms with Gasteiger partial charge in [-0.25, -0.2) is 0 Å². The van der Waals surface area contributed by atoms with Gasteiger partial charge in [0.25, 0.3) is 0 Å². The number of benzene rings is 1. The third-order valence-electron chi connectivity index (χ3n) is 4.10. The third-order valence-corrected chi connectivity index (χ3v) is 4.56. The van der Waals surface area contributed by atoms with E-state index in [2.05, 4.69) is 40.3 Å². The number of hydrogen-bond acceptors (Lipinski definition) is 2. The molecule has 2 nitrogen and oxygen atoms in total. The molecule has 18 heavy (non-hydrogen) atoms. The van der Waals surface area contributed by atoms with Crippen molar-refractivity contribution in [2.45, 2.75) is 32.6 Å². The Morgan fingerprint density at radius 1 is 1.39 bits per heavy atom. The number of rotatable bonds is 5. The van der Waals surface area contributed by atoms with Crippen LogP contribution in [0.5, 0.6) is 5.75 Å². The number of ether oxygens (including phenoxy) is 1. The average Bonchev–Trinajstić information content (AvgIpc) is 2.93. The molecule has 0 spiro atoms. The Labute approximate surface area is 117 Å². The predicted molar refractivity (Wildman–Crippen MR) is 77.3 cm³/mol. The zero-order valence-corrected chi connectivity index (χ0v) is 12.5. The second-order valence-corrected chi connectivity index (χ2v) is 6.52. The highest BCUT2D eigenvalue weighted by Gasteiger charge is 2.42. The lowest BCUT2D eigenvalue weighted by Crippen LogP contribution is -2.25. The molecule has 2 aliphatic rings. The second kappa shape index (κ2) is 4.86. The Hall–Kier alpha value is -0.540. The van der Waals surface area contributed by atoms with Gasteiger partial charge < -0.3 is 10.1 Å². The molecule has 0 aromatic heterocycles. The van der Waals surface area contributed by atoms with Crippen LogP contribution in [-0.4, -0.2) is 19.7 Å². The Morgan fingerprint density at radius 3 is 2.94 bits per heavy atom. The number of halogens is 1. The van der Waals surface area contributed by atoms with Crippen LogP contribution in [0.2, 0.25) is 0 Å². The van der Waals surface area contributed by atoms with E-state index in [4.69, 9.17) is 4.74 Å². The molecule has 0 bridgehead atoms. The van der Waals surface area contributed by atoms with Gasteiger partial charge in [0.05, 0.1) is 6.61 Å². The van der Waals surface area contributed by atoms with Gasteiger partial charge in [0.1, 0.15) is 5.75 Å². The highest BCUT2D eigenvalue weighted by molar-refractivity contribution is 9.10. The van der Waals surface area contributed by atoms with Crippen LogP contribution in [0.1, 0.15) is 30.9 Å². The maximum absolute atomic E-state index is 5.82. The highest BCUT2D eigenvalue weighted by atomic mass is 79.9. The molecule has 0 atom stereocenters. The van der Waals surface area contributed by atoms with Crippen molar-refractivity contribution in [2.75, 3.05) is 19.7 Å². The van der Waals surface area contributed by atoms with Gasteiger partial charge in [-0.3, -0.25) is 0 Å². The van der Waals surface area contributed by atoms with Crippen molar-refractivity contribution in [1.82, 2.24) is 5.32 Å². The van der Waals surface area contributed by atoms with E-state index in [-0.39, 0.29) is 0 Å². The molecule has 1 heterocycles. The first-order chi connectivity index (χ1) is 8.72. The Balaban J connectivity index is 1.81. The minimum atomic E-state index is 0.497. The van der Waals surface area contributed by atoms with Gasteiger partial charge in [0.15, 0.2) is 0 Å². The van der Waals surface area contributed by atoms with E-state index in [0.717, 1.165) is 32.5 Å². The monoisotopic (exact) mass is 309 g/mol. The number of fused-ring (bicyclic) bond motifs is 1. The van der Waals surface area contributed by atoms with Crippen LogP contribution in [-0.2, 0) is 12.8 Å². The van der Waals surface area contributed by atoms with E-state index in [1.54, 1.807) is 0 Å². The quantitative estimate of drug-likeness (QED) is 0.901. The second-order valence-electron chi connectivity index (χ2n) is 5.61. The summed E-state index contributed by atoms with van der Waals surface area (Å²) in [5.41, 5.74) is 3.27. The summed E-state index contributed by atoms with van der Waals surface area (Å²) in [6, 6.07) is 4.45. The maximum Gasteiger partial charge on any atom is 0.125 e. The zero-order chi connectivity index (χ0) is 12.6. The van der Waals surface area contributed by atoms with Crippen molar-refractivity contribution in [3.63, 3.8) is 0 Å². The standard InChI is InChI=1S/C15H20BrNO/c1-2-17-10-15(4-5-15)9-12-8-13(16)7-11-3-6-18-14(11)12/h7-8,17H,2-6,9-10H2,1H3. The summed E-state index contributed by atoms with van der Waals surface area (Å²) >= 11 is 3.63. The predicted octanol–water partition coefficient (Wildman–Crippen LogP) is 3.32. The Morgan fingerprint density at radius 2 is 2.22 bits per heavy atom. The van der Waals surface area contributed by atoms with Gasteiger partial charge in [0, 0.05) is 17.4 Å². The van der Waals surface area contributed by atoms with Crippen LogP contribution in [0.4, 0.5) is 0 Å². The molecule has 0 saturated heterocycles. The molecule has 1 aromatic carbocycles. The van der Waals surface area contributed by atoms with Crippen molar-refractivity contribution in [1.29, 1.82) is 0 Å². The van der Waals surface area contributed by atoms with Crippen molar-refractivity contribution in [3.05, 3.63) is 27.7 Å². The van der Waals surface area contributed by atoms with Crippen molar-refractivity contribution < 1.29 is 4.74 Å². The van der Waals surface area contributed by atoms with E-state index in [0.29, 0.717) is 5.41 Å². The molecule has 98 valence electrons. The normalized spacial score (nSPS) is 19.4. The fraction of sp³-hybridized carbons (Fsp3) is 0.600. The molecular formula is C15H20BrNO. The van der Waals surface area contributed by atoms with Crippen LogP contribution >= 0.6 is 15.9 Å². The number of hydrogen-bond donors (Lipinski definition) is 1. The third kappa shape index (κ3) is 2.43. The Kier molecular flexibility index (Phi) is 3.37. The van der Waals surface area contributed by atoms with E-state index < -0.39 is 0 Å². The summed E-state index contributed by atoms with van der Waals surface area (Å²) in [4.78, 5) is 0. The van der Waals surface area contributed by atoms with Gasteiger partial charge in [0.2, 0.25) is 0 Å². The molecule has 0 amide bonds. The summed E-state index contributed by atoms with van der Waals surface area (Å²) in [6.07, 6.45) is 4.91. The molecule has 1 aliphatic heterocycles. The SMILES string of the molecule is CCNCC1(Cc2cc(Br)cc3c2OCC3)CC1. The molecule has 1 saturated carbocycles. The van der Waals surface area contributed by atoms with Crippen LogP contribution < -0.4 is 10.1 Å². The summed E-state index contributed by atoms with van der Waals surface area (Å²) in [7, 11) is 0. The minimum absolute atomic E-state index is 0.497. The first-order valence-electron chi connectivity index (χ1n) is 6.87. The van der Waals surface area contributed by atoms with Gasteiger partial charge in [-0.15, -0.1) is 0 Å². The molecule has 3 rings (SSSR count). The van der Waals surface area contributed by atoms with Crippen LogP contribution in [0, 0.1) is 5.41 Å². The van der Waals surface area contributed by atoms with E-state index >= 15 is 0 Å². The average molecular weight is 310 g/mol. The molecule has 1 N–H and O–H groups in total. The molecule has 1 fully saturated rings. The minimum Gasteiger partial charge on any atom is -0.493 e. The largest absolute Gasteiger partial charge is 0.493 e.